The summed E-state index contributed by atoms with van der Waals surface area (Å²) in [6.45, 7) is 0.692. The number of alkyl halides is 3. The number of aromatic hydroxyl groups is 1. The second-order valence-electron chi connectivity index (χ2n) is 7.15. The number of carbonyl (C=O) groups is 1. The Morgan fingerprint density at radius 2 is 2.00 bits per heavy atom. The highest BCUT2D eigenvalue weighted by Gasteiger charge is 2.32. The largest absolute Gasteiger partial charge is 0.507 e. The van der Waals surface area contributed by atoms with Gasteiger partial charge in [-0.3, -0.25) is 9.78 Å². The molecule has 1 atom stereocenters. The molecule has 0 radical (unpaired) electrons. The first kappa shape index (κ1) is 19.9. The van der Waals surface area contributed by atoms with E-state index in [9.17, 15) is 23.1 Å². The number of nitrogens with one attached hydrogen (secondary N) is 1. The number of nitrogens with zero attached hydrogens (tertiary/aromatic N) is 4. The molecule has 7 nitrogen and oxygen atoms in total. The zero-order valence-electron chi connectivity index (χ0n) is 15.9. The minimum absolute atomic E-state index is 0.0513. The summed E-state index contributed by atoms with van der Waals surface area (Å²) in [6, 6.07) is 3.89. The molecule has 1 aromatic carbocycles. The highest BCUT2D eigenvalue weighted by molar-refractivity contribution is 6.01. The van der Waals surface area contributed by atoms with E-state index in [2.05, 4.69) is 20.5 Å². The molecule has 2 N–H and O–H groups in total. The molecule has 0 aliphatic carbocycles. The molecule has 3 heterocycles. The van der Waals surface area contributed by atoms with Crippen molar-refractivity contribution >= 4 is 22.5 Å². The Morgan fingerprint density at radius 1 is 1.20 bits per heavy atom. The topological polar surface area (TPSA) is 91.2 Å². The van der Waals surface area contributed by atoms with Gasteiger partial charge in [-0.25, -0.2) is 0 Å². The molecule has 4 rings (SSSR count). The number of fused-ring (bicyclic) bond motifs is 1. The zero-order chi connectivity index (χ0) is 21.5. The van der Waals surface area contributed by atoms with E-state index in [4.69, 9.17) is 0 Å². The maximum Gasteiger partial charge on any atom is 0.416 e. The SMILES string of the molecule is CN1CCC[C@@H](Nc2nnc(-c3ccc(C(F)(F)F)cc3O)c3ccncc23)C1=O. The van der Waals surface area contributed by atoms with Crippen molar-refractivity contribution in [2.24, 2.45) is 0 Å². The lowest BCUT2D eigenvalue weighted by atomic mass is 10.0. The van der Waals surface area contributed by atoms with E-state index in [0.29, 0.717) is 35.6 Å². The Morgan fingerprint density at radius 3 is 2.73 bits per heavy atom. The van der Waals surface area contributed by atoms with Crippen LogP contribution in [0.3, 0.4) is 0 Å². The molecule has 1 amide bonds. The van der Waals surface area contributed by atoms with Crippen LogP contribution in [0.1, 0.15) is 18.4 Å². The van der Waals surface area contributed by atoms with Crippen LogP contribution in [0.15, 0.2) is 36.7 Å². The Bertz CT molecular complexity index is 1120. The number of phenolic OH excluding ortho intramolecular Hbond substituents is 1. The molecule has 1 fully saturated rings. The first-order valence-corrected chi connectivity index (χ1v) is 9.28. The van der Waals surface area contributed by atoms with Crippen LogP contribution in [-0.2, 0) is 11.0 Å². The number of likely N-dealkylation sites (N-methyl/N-ethyl adjacent to an activating group) is 1. The van der Waals surface area contributed by atoms with Crippen LogP contribution >= 0.6 is 0 Å². The standard InChI is InChI=1S/C20H18F3N5O2/c1-28-8-2-3-15(19(28)30)25-18-14-10-24-7-6-12(14)17(26-27-18)13-5-4-11(9-16(13)29)20(21,22)23/h4-7,9-10,15,29H,2-3,8H2,1H3,(H,25,27)/t15-/m1/s1. The van der Waals surface area contributed by atoms with Crippen molar-refractivity contribution < 1.29 is 23.1 Å². The molecule has 10 heteroatoms. The average Bonchev–Trinajstić information content (AvgIpc) is 2.71. The predicted octanol–water partition coefficient (Wildman–Crippen LogP) is 3.45. The fraction of sp³-hybridized carbons (Fsp3) is 0.300. The van der Waals surface area contributed by atoms with Crippen molar-refractivity contribution in [3.63, 3.8) is 0 Å². The minimum atomic E-state index is -4.57. The van der Waals surface area contributed by atoms with Crippen molar-refractivity contribution in [3.05, 3.63) is 42.2 Å². The summed E-state index contributed by atoms with van der Waals surface area (Å²) in [6.07, 6.45) is -0.0256. The second kappa shape index (κ2) is 7.43. The summed E-state index contributed by atoms with van der Waals surface area (Å²) in [5, 5.41) is 22.7. The first-order valence-electron chi connectivity index (χ1n) is 9.28. The highest BCUT2D eigenvalue weighted by atomic mass is 19.4. The number of halogens is 3. The summed E-state index contributed by atoms with van der Waals surface area (Å²) in [4.78, 5) is 18.1. The van der Waals surface area contributed by atoms with E-state index in [0.717, 1.165) is 18.6 Å². The lowest BCUT2D eigenvalue weighted by molar-refractivity contribution is -0.137. The van der Waals surface area contributed by atoms with Gasteiger partial charge in [0.1, 0.15) is 17.5 Å². The van der Waals surface area contributed by atoms with Crippen LogP contribution in [-0.4, -0.2) is 50.7 Å². The molecule has 0 spiro atoms. The van der Waals surface area contributed by atoms with Crippen molar-refractivity contribution in [1.29, 1.82) is 0 Å². The molecule has 0 bridgehead atoms. The summed E-state index contributed by atoms with van der Waals surface area (Å²) in [5.74, 6) is -0.256. The number of carbonyl (C=O) groups excluding carboxylic acids is 1. The van der Waals surface area contributed by atoms with Crippen LogP contribution < -0.4 is 5.32 Å². The monoisotopic (exact) mass is 417 g/mol. The Balaban J connectivity index is 1.76. The number of hydrogen-bond acceptors (Lipinski definition) is 6. The van der Waals surface area contributed by atoms with Crippen LogP contribution in [0.5, 0.6) is 5.75 Å². The quantitative estimate of drug-likeness (QED) is 0.678. The molecule has 3 aromatic rings. The fourth-order valence-corrected chi connectivity index (χ4v) is 3.54. The molecule has 0 unspecified atom stereocenters. The van der Waals surface area contributed by atoms with Crippen molar-refractivity contribution in [3.8, 4) is 17.0 Å². The molecule has 1 saturated heterocycles. The number of phenols is 1. The third kappa shape index (κ3) is 3.60. The number of likely N-dealkylation sites (tertiary alicyclic amines) is 1. The molecule has 156 valence electrons. The Hall–Kier alpha value is -3.43. The minimum Gasteiger partial charge on any atom is -0.507 e. The lowest BCUT2D eigenvalue weighted by Gasteiger charge is -2.30. The molecule has 2 aromatic heterocycles. The third-order valence-electron chi connectivity index (χ3n) is 5.13. The van der Waals surface area contributed by atoms with Gasteiger partial charge in [0.2, 0.25) is 5.91 Å². The Labute approximate surface area is 169 Å². The van der Waals surface area contributed by atoms with Gasteiger partial charge in [-0.2, -0.15) is 13.2 Å². The van der Waals surface area contributed by atoms with E-state index >= 15 is 0 Å². The zero-order valence-corrected chi connectivity index (χ0v) is 15.9. The van der Waals surface area contributed by atoms with E-state index in [1.54, 1.807) is 18.0 Å². The van der Waals surface area contributed by atoms with Crippen LogP contribution in [0.4, 0.5) is 19.0 Å². The van der Waals surface area contributed by atoms with Crippen molar-refractivity contribution in [2.75, 3.05) is 18.9 Å². The van der Waals surface area contributed by atoms with Gasteiger partial charge in [-0.05, 0) is 37.1 Å². The number of piperidine rings is 1. The summed E-state index contributed by atoms with van der Waals surface area (Å²) < 4.78 is 38.7. The van der Waals surface area contributed by atoms with Gasteiger partial charge in [0.05, 0.1) is 5.56 Å². The number of anilines is 1. The van der Waals surface area contributed by atoms with Gasteiger partial charge in [0, 0.05) is 42.3 Å². The van der Waals surface area contributed by atoms with Gasteiger partial charge in [0.15, 0.2) is 5.82 Å². The average molecular weight is 417 g/mol. The fourth-order valence-electron chi connectivity index (χ4n) is 3.54. The maximum absolute atomic E-state index is 12.9. The number of pyridine rings is 1. The van der Waals surface area contributed by atoms with Crippen LogP contribution in [0, 0.1) is 0 Å². The molecular formula is C20H18F3N5O2. The smallest absolute Gasteiger partial charge is 0.416 e. The summed E-state index contributed by atoms with van der Waals surface area (Å²) in [5.41, 5.74) is -0.621. The van der Waals surface area contributed by atoms with Gasteiger partial charge < -0.3 is 15.3 Å². The predicted molar refractivity (Wildman–Crippen MR) is 104 cm³/mol. The molecule has 0 saturated carbocycles. The van der Waals surface area contributed by atoms with Crippen LogP contribution in [0.25, 0.3) is 22.0 Å². The molecule has 1 aliphatic rings. The van der Waals surface area contributed by atoms with Gasteiger partial charge >= 0.3 is 6.18 Å². The Kier molecular flexibility index (Phi) is 4.92. The number of benzene rings is 1. The van der Waals surface area contributed by atoms with Crippen LogP contribution in [0.2, 0.25) is 0 Å². The van der Waals surface area contributed by atoms with E-state index in [1.807, 2.05) is 0 Å². The van der Waals surface area contributed by atoms with Gasteiger partial charge in [0.25, 0.3) is 0 Å². The normalized spacial score (nSPS) is 17.4. The summed E-state index contributed by atoms with van der Waals surface area (Å²) in [7, 11) is 1.73. The summed E-state index contributed by atoms with van der Waals surface area (Å²) >= 11 is 0. The molecule has 30 heavy (non-hydrogen) atoms. The molecular weight excluding hydrogens is 399 g/mol. The van der Waals surface area contributed by atoms with Crippen molar-refractivity contribution in [2.45, 2.75) is 25.1 Å². The number of aromatic nitrogens is 3. The van der Waals surface area contributed by atoms with E-state index in [-0.39, 0.29) is 17.2 Å². The van der Waals surface area contributed by atoms with E-state index in [1.165, 1.54) is 12.4 Å². The van der Waals surface area contributed by atoms with E-state index < -0.39 is 23.5 Å². The maximum atomic E-state index is 12.9. The molecule has 1 aliphatic heterocycles. The highest BCUT2D eigenvalue weighted by Crippen LogP contribution is 2.38. The first-order chi connectivity index (χ1) is 14.3. The second-order valence-corrected chi connectivity index (χ2v) is 7.15. The van der Waals surface area contributed by atoms with Gasteiger partial charge in [-0.1, -0.05) is 0 Å². The number of rotatable bonds is 3. The van der Waals surface area contributed by atoms with Gasteiger partial charge in [-0.15, -0.1) is 10.2 Å². The lowest BCUT2D eigenvalue weighted by Crippen LogP contribution is -2.45. The van der Waals surface area contributed by atoms with Crippen molar-refractivity contribution in [1.82, 2.24) is 20.1 Å². The number of hydrogen-bond donors (Lipinski definition) is 2. The third-order valence-corrected chi connectivity index (χ3v) is 5.13. The number of amides is 1.